The van der Waals surface area contributed by atoms with Gasteiger partial charge in [0.15, 0.2) is 0 Å². The summed E-state index contributed by atoms with van der Waals surface area (Å²) < 4.78 is 0. The number of nitrogens with zero attached hydrogens (tertiary/aromatic N) is 1. The fourth-order valence-corrected chi connectivity index (χ4v) is 3.64. The highest BCUT2D eigenvalue weighted by Gasteiger charge is 2.12. The molecule has 3 heteroatoms. The van der Waals surface area contributed by atoms with Crippen molar-refractivity contribution in [2.24, 2.45) is 0 Å². The maximum Gasteiger partial charge on any atom is 0.0510 e. The van der Waals surface area contributed by atoms with Crippen LogP contribution in [0.2, 0.25) is 0 Å². The number of unbranched alkanes of at least 4 members (excludes halogenated alkanes) is 5. The van der Waals surface area contributed by atoms with E-state index in [2.05, 4.69) is 41.2 Å². The zero-order chi connectivity index (χ0) is 17.5. The number of aromatic amines is 1. The van der Waals surface area contributed by atoms with Crippen molar-refractivity contribution in [1.29, 1.82) is 0 Å². The number of aliphatic hydroxyl groups excluding tert-OH is 1. The number of fused-ring (bicyclic) bond motifs is 1. The summed E-state index contributed by atoms with van der Waals surface area (Å²) in [6, 6.07) is 10.7. The minimum absolute atomic E-state index is 0.327. The fourth-order valence-electron chi connectivity index (χ4n) is 3.64. The first-order valence-electron chi connectivity index (χ1n) is 9.42. The first kappa shape index (κ1) is 17.7. The molecule has 0 saturated heterocycles. The van der Waals surface area contributed by atoms with Gasteiger partial charge in [-0.3, -0.25) is 4.98 Å². The Balaban J connectivity index is 1.71. The smallest absolute Gasteiger partial charge is 0.0510 e. The molecule has 0 bridgehead atoms. The fraction of sp³-hybridized carbons (Fsp3) is 0.409. The Kier molecular flexibility index (Phi) is 6.24. The van der Waals surface area contributed by atoms with Gasteiger partial charge in [-0.1, -0.05) is 37.8 Å². The summed E-state index contributed by atoms with van der Waals surface area (Å²) in [5, 5.41) is 10.2. The van der Waals surface area contributed by atoms with Gasteiger partial charge in [0.05, 0.1) is 5.69 Å². The van der Waals surface area contributed by atoms with Crippen molar-refractivity contribution >= 4 is 10.9 Å². The lowest BCUT2D eigenvalue weighted by atomic mass is 9.99. The molecule has 0 fully saturated rings. The molecular weight excluding hydrogens is 308 g/mol. The summed E-state index contributed by atoms with van der Waals surface area (Å²) in [6.07, 6.45) is 11.9. The molecule has 3 aromatic rings. The number of aryl methyl sites for hydroxylation is 2. The van der Waals surface area contributed by atoms with Gasteiger partial charge in [-0.15, -0.1) is 0 Å². The van der Waals surface area contributed by atoms with Gasteiger partial charge in [-0.25, -0.2) is 0 Å². The Bertz CT molecular complexity index is 792. The number of hydrogen-bond acceptors (Lipinski definition) is 2. The van der Waals surface area contributed by atoms with E-state index < -0.39 is 0 Å². The van der Waals surface area contributed by atoms with Gasteiger partial charge >= 0.3 is 0 Å². The van der Waals surface area contributed by atoms with Crippen LogP contribution in [0.1, 0.15) is 49.7 Å². The lowest BCUT2D eigenvalue weighted by Gasteiger charge is -2.05. The van der Waals surface area contributed by atoms with Gasteiger partial charge in [0.25, 0.3) is 0 Å². The molecule has 0 amide bonds. The second kappa shape index (κ2) is 8.82. The predicted molar refractivity (Wildman–Crippen MR) is 105 cm³/mol. The van der Waals surface area contributed by atoms with Crippen LogP contribution in [0.15, 0.2) is 42.7 Å². The zero-order valence-corrected chi connectivity index (χ0v) is 15.1. The number of nitrogens with one attached hydrogen (secondary N) is 1. The van der Waals surface area contributed by atoms with E-state index in [-0.39, 0.29) is 0 Å². The third kappa shape index (κ3) is 4.29. The van der Waals surface area contributed by atoms with E-state index >= 15 is 0 Å². The Morgan fingerprint density at radius 2 is 1.76 bits per heavy atom. The van der Waals surface area contributed by atoms with Crippen LogP contribution in [-0.2, 0) is 6.42 Å². The molecule has 0 aliphatic rings. The van der Waals surface area contributed by atoms with Gasteiger partial charge in [-0.2, -0.15) is 0 Å². The Morgan fingerprint density at radius 3 is 2.52 bits per heavy atom. The molecule has 0 atom stereocenters. The molecule has 0 radical (unpaired) electrons. The molecule has 3 rings (SSSR count). The first-order chi connectivity index (χ1) is 12.3. The van der Waals surface area contributed by atoms with Crippen molar-refractivity contribution in [3.8, 4) is 11.3 Å². The molecule has 2 N–H and O–H groups in total. The monoisotopic (exact) mass is 336 g/mol. The summed E-state index contributed by atoms with van der Waals surface area (Å²) in [7, 11) is 0. The van der Waals surface area contributed by atoms with Gasteiger partial charge in [0, 0.05) is 35.5 Å². The van der Waals surface area contributed by atoms with Crippen LogP contribution in [0.3, 0.4) is 0 Å². The van der Waals surface area contributed by atoms with Crippen molar-refractivity contribution in [1.82, 2.24) is 9.97 Å². The maximum atomic E-state index is 8.82. The molecule has 0 unspecified atom stereocenters. The lowest BCUT2D eigenvalue weighted by Crippen LogP contribution is -1.89. The molecule has 3 nitrogen and oxygen atoms in total. The second-order valence-electron chi connectivity index (χ2n) is 6.80. The molecule has 0 aliphatic heterocycles. The van der Waals surface area contributed by atoms with Crippen molar-refractivity contribution < 1.29 is 5.11 Å². The molecule has 0 aliphatic carbocycles. The van der Waals surface area contributed by atoms with E-state index in [9.17, 15) is 0 Å². The number of hydrogen-bond donors (Lipinski definition) is 2. The van der Waals surface area contributed by atoms with E-state index in [1.807, 2.05) is 18.5 Å². The van der Waals surface area contributed by atoms with E-state index in [0.717, 1.165) is 24.8 Å². The molecule has 25 heavy (non-hydrogen) atoms. The average molecular weight is 336 g/mol. The number of H-pyrrole nitrogens is 1. The van der Waals surface area contributed by atoms with E-state index in [4.69, 9.17) is 5.11 Å². The average Bonchev–Trinajstić information content (AvgIpc) is 2.99. The molecule has 2 heterocycles. The van der Waals surface area contributed by atoms with Crippen LogP contribution in [0.4, 0.5) is 0 Å². The second-order valence-corrected chi connectivity index (χ2v) is 6.80. The normalized spacial score (nSPS) is 11.3. The summed E-state index contributed by atoms with van der Waals surface area (Å²) in [4.78, 5) is 7.83. The van der Waals surface area contributed by atoms with E-state index in [0.29, 0.717) is 6.61 Å². The zero-order valence-electron chi connectivity index (χ0n) is 15.1. The van der Waals surface area contributed by atoms with E-state index in [1.165, 1.54) is 53.4 Å². The summed E-state index contributed by atoms with van der Waals surface area (Å²) in [5.41, 5.74) is 6.31. The van der Waals surface area contributed by atoms with Crippen molar-refractivity contribution in [3.63, 3.8) is 0 Å². The highest BCUT2D eigenvalue weighted by atomic mass is 16.2. The van der Waals surface area contributed by atoms with Gasteiger partial charge in [0.2, 0.25) is 0 Å². The topological polar surface area (TPSA) is 48.9 Å². The number of aliphatic hydroxyl groups is 1. The van der Waals surface area contributed by atoms with Crippen molar-refractivity contribution in [3.05, 3.63) is 53.9 Å². The predicted octanol–water partition coefficient (Wildman–Crippen LogP) is 5.41. The first-order valence-corrected chi connectivity index (χ1v) is 9.42. The minimum atomic E-state index is 0.327. The van der Waals surface area contributed by atoms with Crippen molar-refractivity contribution in [2.45, 2.75) is 51.9 Å². The SMILES string of the molecule is Cc1c(-c2cccnc2)[nH]c2cccc(CCCCCCCCO)c12. The third-order valence-corrected chi connectivity index (χ3v) is 4.96. The number of benzene rings is 1. The highest BCUT2D eigenvalue weighted by Crippen LogP contribution is 2.32. The number of pyridine rings is 1. The molecule has 0 spiro atoms. The van der Waals surface area contributed by atoms with Crippen LogP contribution in [0.5, 0.6) is 0 Å². The summed E-state index contributed by atoms with van der Waals surface area (Å²) in [5.74, 6) is 0. The van der Waals surface area contributed by atoms with Crippen LogP contribution in [0.25, 0.3) is 22.2 Å². The summed E-state index contributed by atoms with van der Waals surface area (Å²) >= 11 is 0. The van der Waals surface area contributed by atoms with Crippen LogP contribution < -0.4 is 0 Å². The third-order valence-electron chi connectivity index (χ3n) is 4.96. The molecule has 1 aromatic carbocycles. The molecule has 0 saturated carbocycles. The highest BCUT2D eigenvalue weighted by molar-refractivity contribution is 5.92. The van der Waals surface area contributed by atoms with Crippen LogP contribution in [-0.4, -0.2) is 21.7 Å². The van der Waals surface area contributed by atoms with Crippen molar-refractivity contribution in [2.75, 3.05) is 6.61 Å². The molecule has 132 valence electrons. The van der Waals surface area contributed by atoms with Gasteiger partial charge in [-0.05, 0) is 55.5 Å². The Morgan fingerprint density at radius 1 is 0.960 bits per heavy atom. The number of aromatic nitrogens is 2. The standard InChI is InChI=1S/C22H28N2O/c1-17-21-18(10-6-4-2-3-5-7-15-25)11-8-13-20(21)24-22(17)19-12-9-14-23-16-19/h8-9,11-14,16,24-25H,2-7,10,15H2,1H3. The van der Waals surface area contributed by atoms with Crippen LogP contribution >= 0.6 is 0 Å². The van der Waals surface area contributed by atoms with Gasteiger partial charge < -0.3 is 10.1 Å². The van der Waals surface area contributed by atoms with Crippen LogP contribution in [0, 0.1) is 6.92 Å². The summed E-state index contributed by atoms with van der Waals surface area (Å²) in [6.45, 7) is 2.54. The Labute approximate surface area is 150 Å². The lowest BCUT2D eigenvalue weighted by molar-refractivity contribution is 0.282. The largest absolute Gasteiger partial charge is 0.396 e. The molecule has 2 aromatic heterocycles. The minimum Gasteiger partial charge on any atom is -0.396 e. The Hall–Kier alpha value is -2.13. The molecular formula is C22H28N2O. The van der Waals surface area contributed by atoms with Gasteiger partial charge in [0.1, 0.15) is 0 Å². The van der Waals surface area contributed by atoms with E-state index in [1.54, 1.807) is 0 Å². The number of rotatable bonds is 9. The maximum absolute atomic E-state index is 8.82. The quantitative estimate of drug-likeness (QED) is 0.513.